The van der Waals surface area contributed by atoms with Crippen LogP contribution in [-0.2, 0) is 0 Å². The van der Waals surface area contributed by atoms with E-state index in [4.69, 9.17) is 10.5 Å². The van der Waals surface area contributed by atoms with Gasteiger partial charge in [-0.1, -0.05) is 18.7 Å². The van der Waals surface area contributed by atoms with Crippen molar-refractivity contribution in [3.05, 3.63) is 36.9 Å². The number of hydrogen-bond acceptors (Lipinski definition) is 2. The highest BCUT2D eigenvalue weighted by Crippen LogP contribution is 2.16. The molecule has 14 heavy (non-hydrogen) atoms. The molecule has 74 valence electrons. The molecular weight excluding hydrogens is 180 g/mol. The van der Waals surface area contributed by atoms with Gasteiger partial charge in [0, 0.05) is 11.8 Å². The van der Waals surface area contributed by atoms with Gasteiger partial charge in [0.05, 0.1) is 0 Å². The molecule has 3 N–H and O–H groups in total. The summed E-state index contributed by atoms with van der Waals surface area (Å²) in [6.45, 7) is 3.96. The maximum Gasteiger partial charge on any atom is 0.316 e. The summed E-state index contributed by atoms with van der Waals surface area (Å²) < 4.78 is 5.27. The molecule has 4 nitrogen and oxygen atoms in total. The molecule has 0 saturated heterocycles. The average molecular weight is 192 g/mol. The Morgan fingerprint density at radius 1 is 1.64 bits per heavy atom. The van der Waals surface area contributed by atoms with Gasteiger partial charge in [-0.05, 0) is 12.1 Å². The van der Waals surface area contributed by atoms with Gasteiger partial charge in [0.15, 0.2) is 0 Å². The molecule has 1 aromatic carbocycles. The monoisotopic (exact) mass is 192 g/mol. The van der Waals surface area contributed by atoms with Crippen LogP contribution in [-0.4, -0.2) is 12.6 Å². The van der Waals surface area contributed by atoms with E-state index in [9.17, 15) is 4.79 Å². The van der Waals surface area contributed by atoms with E-state index < -0.39 is 6.03 Å². The second-order valence-corrected chi connectivity index (χ2v) is 2.62. The molecule has 1 aromatic rings. The van der Waals surface area contributed by atoms with Gasteiger partial charge < -0.3 is 15.8 Å². The predicted octanol–water partition coefficient (Wildman–Crippen LogP) is 1.74. The number of primary amides is 1. The van der Waals surface area contributed by atoms with E-state index in [1.807, 2.05) is 0 Å². The van der Waals surface area contributed by atoms with E-state index in [1.54, 1.807) is 30.3 Å². The zero-order valence-corrected chi connectivity index (χ0v) is 7.69. The van der Waals surface area contributed by atoms with Gasteiger partial charge in [0.1, 0.15) is 12.4 Å². The van der Waals surface area contributed by atoms with Crippen molar-refractivity contribution >= 4 is 11.7 Å². The SMILES string of the molecule is C=CCOc1cccc(NC(N)=O)c1. The number of nitrogens with two attached hydrogens (primary N) is 1. The first-order chi connectivity index (χ1) is 6.72. The molecule has 0 unspecified atom stereocenters. The number of carbonyl (C=O) groups is 1. The topological polar surface area (TPSA) is 64.3 Å². The fourth-order valence-electron chi connectivity index (χ4n) is 0.961. The molecule has 0 fully saturated rings. The van der Waals surface area contributed by atoms with Crippen LogP contribution in [0.15, 0.2) is 36.9 Å². The Bertz CT molecular complexity index is 337. The molecule has 0 radical (unpaired) electrons. The Balaban J connectivity index is 2.68. The average Bonchev–Trinajstić information content (AvgIpc) is 2.14. The minimum atomic E-state index is -0.592. The van der Waals surface area contributed by atoms with E-state index >= 15 is 0 Å². The Morgan fingerprint density at radius 3 is 3.07 bits per heavy atom. The normalized spacial score (nSPS) is 9.14. The molecule has 0 aliphatic heterocycles. The van der Waals surface area contributed by atoms with Crippen LogP contribution in [0.5, 0.6) is 5.75 Å². The minimum Gasteiger partial charge on any atom is -0.489 e. The summed E-state index contributed by atoms with van der Waals surface area (Å²) in [6.07, 6.45) is 1.65. The summed E-state index contributed by atoms with van der Waals surface area (Å²) in [7, 11) is 0. The van der Waals surface area contributed by atoms with E-state index in [1.165, 1.54) is 0 Å². The molecule has 0 aliphatic rings. The Kier molecular flexibility index (Phi) is 3.55. The van der Waals surface area contributed by atoms with Crippen molar-refractivity contribution < 1.29 is 9.53 Å². The Hall–Kier alpha value is -1.97. The lowest BCUT2D eigenvalue weighted by Crippen LogP contribution is -2.19. The largest absolute Gasteiger partial charge is 0.489 e. The van der Waals surface area contributed by atoms with Crippen molar-refractivity contribution in [1.82, 2.24) is 0 Å². The van der Waals surface area contributed by atoms with Gasteiger partial charge in [-0.2, -0.15) is 0 Å². The first-order valence-corrected chi connectivity index (χ1v) is 4.12. The summed E-state index contributed by atoms with van der Waals surface area (Å²) in [6, 6.07) is 6.38. The number of anilines is 1. The number of rotatable bonds is 4. The van der Waals surface area contributed by atoms with Crippen LogP contribution < -0.4 is 15.8 Å². The second-order valence-electron chi connectivity index (χ2n) is 2.62. The lowest BCUT2D eigenvalue weighted by atomic mass is 10.3. The number of amides is 2. The van der Waals surface area contributed by atoms with Crippen molar-refractivity contribution in [3.8, 4) is 5.75 Å². The van der Waals surface area contributed by atoms with Crippen LogP contribution in [0.2, 0.25) is 0 Å². The van der Waals surface area contributed by atoms with Gasteiger partial charge in [0.2, 0.25) is 0 Å². The van der Waals surface area contributed by atoms with Crippen LogP contribution in [0.1, 0.15) is 0 Å². The van der Waals surface area contributed by atoms with E-state index in [0.717, 1.165) is 0 Å². The van der Waals surface area contributed by atoms with Gasteiger partial charge >= 0.3 is 6.03 Å². The number of nitrogens with one attached hydrogen (secondary N) is 1. The summed E-state index contributed by atoms with van der Waals surface area (Å²) in [5.41, 5.74) is 5.58. The van der Waals surface area contributed by atoms with Crippen LogP contribution >= 0.6 is 0 Å². The smallest absolute Gasteiger partial charge is 0.316 e. The zero-order valence-electron chi connectivity index (χ0n) is 7.69. The van der Waals surface area contributed by atoms with Crippen LogP contribution in [0.25, 0.3) is 0 Å². The van der Waals surface area contributed by atoms with Crippen molar-refractivity contribution in [3.63, 3.8) is 0 Å². The first-order valence-electron chi connectivity index (χ1n) is 4.12. The van der Waals surface area contributed by atoms with E-state index in [2.05, 4.69) is 11.9 Å². The number of carbonyl (C=O) groups excluding carboxylic acids is 1. The van der Waals surface area contributed by atoms with Gasteiger partial charge in [-0.25, -0.2) is 4.79 Å². The maximum absolute atomic E-state index is 10.5. The molecule has 4 heteroatoms. The minimum absolute atomic E-state index is 0.431. The molecule has 1 rings (SSSR count). The quantitative estimate of drug-likeness (QED) is 0.713. The number of urea groups is 1. The maximum atomic E-state index is 10.5. The fourth-order valence-corrected chi connectivity index (χ4v) is 0.961. The number of hydrogen-bond donors (Lipinski definition) is 2. The molecule has 0 heterocycles. The van der Waals surface area contributed by atoms with Crippen LogP contribution in [0.3, 0.4) is 0 Å². The molecule has 2 amide bonds. The molecule has 0 aliphatic carbocycles. The predicted molar refractivity (Wildman–Crippen MR) is 55.3 cm³/mol. The van der Waals surface area contributed by atoms with Gasteiger partial charge in [-0.3, -0.25) is 0 Å². The molecule has 0 aromatic heterocycles. The Morgan fingerprint density at radius 2 is 2.43 bits per heavy atom. The highest BCUT2D eigenvalue weighted by Gasteiger charge is 1.97. The summed E-state index contributed by atoms with van der Waals surface area (Å²) in [4.78, 5) is 10.5. The fraction of sp³-hybridized carbons (Fsp3) is 0.100. The Labute approximate surface area is 82.4 Å². The third-order valence-corrected chi connectivity index (χ3v) is 1.47. The number of ether oxygens (including phenoxy) is 1. The van der Waals surface area contributed by atoms with E-state index in [-0.39, 0.29) is 0 Å². The molecular formula is C10H12N2O2. The summed E-state index contributed by atoms with van der Waals surface area (Å²) in [5.74, 6) is 0.663. The summed E-state index contributed by atoms with van der Waals surface area (Å²) in [5, 5.41) is 2.45. The molecule has 0 spiro atoms. The van der Waals surface area contributed by atoms with E-state index in [0.29, 0.717) is 18.0 Å². The second kappa shape index (κ2) is 4.91. The molecule has 0 saturated carbocycles. The third kappa shape index (κ3) is 3.18. The zero-order chi connectivity index (χ0) is 10.4. The molecule has 0 atom stereocenters. The van der Waals surface area contributed by atoms with Crippen LogP contribution in [0, 0.1) is 0 Å². The van der Waals surface area contributed by atoms with Gasteiger partial charge in [0.25, 0.3) is 0 Å². The van der Waals surface area contributed by atoms with Gasteiger partial charge in [-0.15, -0.1) is 0 Å². The lowest BCUT2D eigenvalue weighted by Gasteiger charge is -2.05. The van der Waals surface area contributed by atoms with Crippen molar-refractivity contribution in [2.24, 2.45) is 5.73 Å². The van der Waals surface area contributed by atoms with Crippen molar-refractivity contribution in [1.29, 1.82) is 0 Å². The third-order valence-electron chi connectivity index (χ3n) is 1.47. The van der Waals surface area contributed by atoms with Crippen molar-refractivity contribution in [2.45, 2.75) is 0 Å². The van der Waals surface area contributed by atoms with Crippen LogP contribution in [0.4, 0.5) is 10.5 Å². The van der Waals surface area contributed by atoms with Crippen molar-refractivity contribution in [2.75, 3.05) is 11.9 Å². The lowest BCUT2D eigenvalue weighted by molar-refractivity contribution is 0.259. The standard InChI is InChI=1S/C10H12N2O2/c1-2-6-14-9-5-3-4-8(7-9)12-10(11)13/h2-5,7H,1,6H2,(H3,11,12,13). The summed E-state index contributed by atoms with van der Waals surface area (Å²) >= 11 is 0. The number of benzene rings is 1. The molecule has 0 bridgehead atoms. The first kappa shape index (κ1) is 10.1. The highest BCUT2D eigenvalue weighted by atomic mass is 16.5. The highest BCUT2D eigenvalue weighted by molar-refractivity contribution is 5.87.